The summed E-state index contributed by atoms with van der Waals surface area (Å²) in [5.74, 6) is -0.920. The van der Waals surface area contributed by atoms with Gasteiger partial charge in [0.05, 0.1) is 5.69 Å². The molecule has 0 aliphatic heterocycles. The fourth-order valence-electron chi connectivity index (χ4n) is 1.80. The van der Waals surface area contributed by atoms with Crippen LogP contribution in [0.25, 0.3) is 0 Å². The first-order valence-electron chi connectivity index (χ1n) is 6.35. The van der Waals surface area contributed by atoms with Crippen molar-refractivity contribution >= 4 is 17.4 Å². The second-order valence-corrected chi connectivity index (χ2v) is 4.43. The zero-order valence-corrected chi connectivity index (χ0v) is 11.4. The molecule has 2 aromatic carbocycles. The van der Waals surface area contributed by atoms with Crippen molar-refractivity contribution in [2.45, 2.75) is 6.54 Å². The number of benzene rings is 2. The summed E-state index contributed by atoms with van der Waals surface area (Å²) in [4.78, 5) is 11.8. The van der Waals surface area contributed by atoms with Gasteiger partial charge >= 0.3 is 6.03 Å². The third-order valence-corrected chi connectivity index (χ3v) is 2.76. The average molecular weight is 291 g/mol. The smallest absolute Gasteiger partial charge is 0.316 e. The molecule has 21 heavy (non-hydrogen) atoms. The summed E-state index contributed by atoms with van der Waals surface area (Å²) < 4.78 is 26.4. The molecule has 0 aromatic heterocycles. The molecule has 0 bridgehead atoms. The lowest BCUT2D eigenvalue weighted by molar-refractivity contribution is 0.262. The van der Waals surface area contributed by atoms with Crippen molar-refractivity contribution < 1.29 is 13.6 Å². The lowest BCUT2D eigenvalue weighted by atomic mass is 10.2. The summed E-state index contributed by atoms with van der Waals surface area (Å²) in [5.41, 5.74) is 1.35. The van der Waals surface area contributed by atoms with E-state index in [0.29, 0.717) is 12.2 Å². The van der Waals surface area contributed by atoms with Crippen molar-refractivity contribution in [2.75, 3.05) is 17.7 Å². The van der Waals surface area contributed by atoms with Crippen LogP contribution in [0.15, 0.2) is 42.5 Å². The maximum atomic E-state index is 13.6. The van der Waals surface area contributed by atoms with Crippen molar-refractivity contribution in [3.05, 3.63) is 59.7 Å². The molecule has 0 saturated heterocycles. The molecule has 0 spiro atoms. The van der Waals surface area contributed by atoms with E-state index in [2.05, 4.69) is 16.0 Å². The van der Waals surface area contributed by atoms with Gasteiger partial charge in [-0.15, -0.1) is 0 Å². The molecule has 0 aliphatic rings. The SMILES string of the molecule is CNCc1ccc(F)c(NC(=O)Nc2ccc(F)cc2)c1. The number of amides is 2. The second-order valence-electron chi connectivity index (χ2n) is 4.43. The van der Waals surface area contributed by atoms with E-state index in [9.17, 15) is 13.6 Å². The normalized spacial score (nSPS) is 10.2. The zero-order chi connectivity index (χ0) is 15.2. The number of carbonyl (C=O) groups excluding carboxylic acids is 1. The summed E-state index contributed by atoms with van der Waals surface area (Å²) in [7, 11) is 1.78. The van der Waals surface area contributed by atoms with Crippen molar-refractivity contribution in [2.24, 2.45) is 0 Å². The summed E-state index contributed by atoms with van der Waals surface area (Å²) in [5, 5.41) is 7.87. The molecule has 0 unspecified atom stereocenters. The van der Waals surface area contributed by atoms with E-state index >= 15 is 0 Å². The highest BCUT2D eigenvalue weighted by atomic mass is 19.1. The van der Waals surface area contributed by atoms with Crippen LogP contribution in [0.1, 0.15) is 5.56 Å². The maximum Gasteiger partial charge on any atom is 0.323 e. The van der Waals surface area contributed by atoms with E-state index in [0.717, 1.165) is 5.56 Å². The minimum absolute atomic E-state index is 0.0855. The van der Waals surface area contributed by atoms with Crippen molar-refractivity contribution in [1.82, 2.24) is 5.32 Å². The third kappa shape index (κ3) is 4.25. The Balaban J connectivity index is 2.05. The van der Waals surface area contributed by atoms with Gasteiger partial charge in [-0.2, -0.15) is 0 Å². The second kappa shape index (κ2) is 6.81. The standard InChI is InChI=1S/C15H15F2N3O/c1-18-9-10-2-7-13(17)14(8-10)20-15(21)19-12-5-3-11(16)4-6-12/h2-8,18H,9H2,1H3,(H2,19,20,21). The Bertz CT molecular complexity index is 629. The first-order valence-corrected chi connectivity index (χ1v) is 6.35. The Labute approximate surface area is 121 Å². The first-order chi connectivity index (χ1) is 10.1. The zero-order valence-electron chi connectivity index (χ0n) is 11.4. The molecule has 0 fully saturated rings. The van der Waals surface area contributed by atoms with E-state index in [4.69, 9.17) is 0 Å². The molecule has 3 N–H and O–H groups in total. The largest absolute Gasteiger partial charge is 0.323 e. The Kier molecular flexibility index (Phi) is 4.84. The molecule has 0 radical (unpaired) electrons. The van der Waals surface area contributed by atoms with Crippen LogP contribution in [0.2, 0.25) is 0 Å². The van der Waals surface area contributed by atoms with Gasteiger partial charge in [-0.25, -0.2) is 13.6 Å². The highest BCUT2D eigenvalue weighted by Gasteiger charge is 2.08. The van der Waals surface area contributed by atoms with Crippen LogP contribution in [0.5, 0.6) is 0 Å². The van der Waals surface area contributed by atoms with E-state index in [1.807, 2.05) is 0 Å². The lowest BCUT2D eigenvalue weighted by Crippen LogP contribution is -2.20. The summed E-state index contributed by atoms with van der Waals surface area (Å²) in [6, 6.07) is 9.17. The molecule has 0 heterocycles. The minimum Gasteiger partial charge on any atom is -0.316 e. The summed E-state index contributed by atoms with van der Waals surface area (Å²) in [6.07, 6.45) is 0. The molecule has 0 atom stereocenters. The molecule has 0 aliphatic carbocycles. The van der Waals surface area contributed by atoms with Gasteiger partial charge in [0.2, 0.25) is 0 Å². The molecule has 0 saturated carbocycles. The molecule has 110 valence electrons. The van der Waals surface area contributed by atoms with Crippen molar-refractivity contribution in [3.8, 4) is 0 Å². The van der Waals surface area contributed by atoms with Crippen LogP contribution in [0.3, 0.4) is 0 Å². The van der Waals surface area contributed by atoms with Gasteiger partial charge in [-0.3, -0.25) is 0 Å². The van der Waals surface area contributed by atoms with E-state index in [1.165, 1.54) is 30.3 Å². The summed E-state index contributed by atoms with van der Waals surface area (Å²) in [6.45, 7) is 0.564. The summed E-state index contributed by atoms with van der Waals surface area (Å²) >= 11 is 0. The molecule has 2 aromatic rings. The Morgan fingerprint density at radius 3 is 2.43 bits per heavy atom. The predicted molar refractivity (Wildman–Crippen MR) is 78.2 cm³/mol. The number of halogens is 2. The average Bonchev–Trinajstić information content (AvgIpc) is 2.45. The van der Waals surface area contributed by atoms with Gasteiger partial charge in [0.1, 0.15) is 11.6 Å². The fraction of sp³-hybridized carbons (Fsp3) is 0.133. The van der Waals surface area contributed by atoms with Gasteiger partial charge < -0.3 is 16.0 Å². The van der Waals surface area contributed by atoms with Crippen LogP contribution in [0.4, 0.5) is 25.0 Å². The molecule has 2 rings (SSSR count). The fourth-order valence-corrected chi connectivity index (χ4v) is 1.80. The van der Waals surface area contributed by atoms with Gasteiger partial charge in [0.25, 0.3) is 0 Å². The number of hydrogen-bond donors (Lipinski definition) is 3. The highest BCUT2D eigenvalue weighted by Crippen LogP contribution is 2.17. The van der Waals surface area contributed by atoms with Crippen molar-refractivity contribution in [3.63, 3.8) is 0 Å². The molecule has 2 amide bonds. The van der Waals surface area contributed by atoms with Gasteiger partial charge in [-0.05, 0) is 49.0 Å². The Hall–Kier alpha value is -2.47. The Morgan fingerprint density at radius 1 is 1.05 bits per heavy atom. The molecular weight excluding hydrogens is 276 g/mol. The van der Waals surface area contributed by atoms with Gasteiger partial charge in [-0.1, -0.05) is 6.07 Å². The number of carbonyl (C=O) groups is 1. The molecule has 6 heteroatoms. The van der Waals surface area contributed by atoms with Crippen LogP contribution < -0.4 is 16.0 Å². The lowest BCUT2D eigenvalue weighted by Gasteiger charge is -2.10. The number of rotatable bonds is 4. The van der Waals surface area contributed by atoms with Crippen LogP contribution in [-0.4, -0.2) is 13.1 Å². The number of urea groups is 1. The van der Waals surface area contributed by atoms with Crippen LogP contribution in [0, 0.1) is 11.6 Å². The maximum absolute atomic E-state index is 13.6. The van der Waals surface area contributed by atoms with Crippen molar-refractivity contribution in [1.29, 1.82) is 0 Å². The highest BCUT2D eigenvalue weighted by molar-refractivity contribution is 5.99. The van der Waals surface area contributed by atoms with Crippen LogP contribution >= 0.6 is 0 Å². The van der Waals surface area contributed by atoms with Gasteiger partial charge in [0, 0.05) is 12.2 Å². The number of hydrogen-bond acceptors (Lipinski definition) is 2. The topological polar surface area (TPSA) is 53.2 Å². The number of anilines is 2. The predicted octanol–water partition coefficient (Wildman–Crippen LogP) is 3.33. The monoisotopic (exact) mass is 291 g/mol. The Morgan fingerprint density at radius 2 is 1.76 bits per heavy atom. The van der Waals surface area contributed by atoms with Crippen LogP contribution in [-0.2, 0) is 6.54 Å². The first kappa shape index (κ1) is 14.9. The molecule has 4 nitrogen and oxygen atoms in total. The quantitative estimate of drug-likeness (QED) is 0.809. The third-order valence-electron chi connectivity index (χ3n) is 2.76. The van der Waals surface area contributed by atoms with Gasteiger partial charge in [0.15, 0.2) is 0 Å². The minimum atomic E-state index is -0.595. The number of nitrogens with one attached hydrogen (secondary N) is 3. The van der Waals surface area contributed by atoms with E-state index in [-0.39, 0.29) is 5.69 Å². The molecular formula is C15H15F2N3O. The van der Waals surface area contributed by atoms with E-state index < -0.39 is 17.7 Å². The van der Waals surface area contributed by atoms with E-state index in [1.54, 1.807) is 19.2 Å².